The summed E-state index contributed by atoms with van der Waals surface area (Å²) in [6, 6.07) is 86.6. The fourth-order valence-electron chi connectivity index (χ4n) is 10.2. The first-order valence-corrected chi connectivity index (χ1v) is 21.1. The summed E-state index contributed by atoms with van der Waals surface area (Å²) in [5.74, 6) is 0. The van der Waals surface area contributed by atoms with Crippen molar-refractivity contribution in [1.82, 2.24) is 4.57 Å². The normalized spacial score (nSPS) is 12.7. The zero-order valence-electron chi connectivity index (χ0n) is 33.5. The van der Waals surface area contributed by atoms with Gasteiger partial charge < -0.3 is 9.88 Å². The van der Waals surface area contributed by atoms with Gasteiger partial charge in [-0.15, -0.1) is 0 Å². The van der Waals surface area contributed by atoms with Crippen LogP contribution in [0.15, 0.2) is 237 Å². The lowest BCUT2D eigenvalue weighted by Crippen LogP contribution is -2.28. The number of nitrogens with one attached hydrogen (secondary N) is 1. The van der Waals surface area contributed by atoms with Gasteiger partial charge in [0, 0.05) is 33.4 Å². The SMILES string of the molecule is c1ccc(-c2cc(-c3ccc4c(c3)c3c5c(ccc3n4-c3ccccc3)C(c3ccccc3)(c3ccccc3)c3ccccc3-5)ccc2Nc2ccc3ccccc3c2)cc1. The van der Waals surface area contributed by atoms with Crippen molar-refractivity contribution < 1.29 is 0 Å². The second-order valence-corrected chi connectivity index (χ2v) is 16.1. The van der Waals surface area contributed by atoms with Crippen LogP contribution in [-0.2, 0) is 5.41 Å². The number of para-hydroxylation sites is 1. The van der Waals surface area contributed by atoms with Gasteiger partial charge in [-0.05, 0) is 115 Å². The molecule has 2 nitrogen and oxygen atoms in total. The maximum atomic E-state index is 3.79. The number of benzene rings is 10. The van der Waals surface area contributed by atoms with Gasteiger partial charge in [0.1, 0.15) is 0 Å². The van der Waals surface area contributed by atoms with E-state index in [-0.39, 0.29) is 0 Å². The quantitative estimate of drug-likeness (QED) is 0.171. The molecule has 1 aromatic heterocycles. The lowest BCUT2D eigenvalue weighted by Gasteiger charge is -2.33. The molecule has 0 aliphatic heterocycles. The number of hydrogen-bond donors (Lipinski definition) is 1. The average molecular weight is 777 g/mol. The standard InChI is InChI=1S/C59H40N2/c1-5-18-41(19-6-1)50-38-43(30-34-54(50)60-47-32-29-40-17-13-14-20-42(40)37-47)44-31-35-55-51(39-44)58-56(61(55)48-25-11-4-12-26-48)36-33-53-57(58)49-27-15-16-28-52(49)59(53,45-21-7-2-8-22-45)46-23-9-3-10-24-46/h1-39,60H. The second kappa shape index (κ2) is 14.1. The first-order valence-electron chi connectivity index (χ1n) is 21.1. The van der Waals surface area contributed by atoms with Crippen molar-refractivity contribution in [2.24, 2.45) is 0 Å². The highest BCUT2D eigenvalue weighted by molar-refractivity contribution is 6.19. The van der Waals surface area contributed by atoms with Crippen LogP contribution in [0.1, 0.15) is 22.3 Å². The van der Waals surface area contributed by atoms with E-state index < -0.39 is 5.41 Å². The molecule has 286 valence electrons. The molecule has 1 aliphatic carbocycles. The molecule has 0 saturated carbocycles. The minimum Gasteiger partial charge on any atom is -0.355 e. The maximum absolute atomic E-state index is 3.79. The Morgan fingerprint density at radius 3 is 1.74 bits per heavy atom. The number of anilines is 2. The summed E-state index contributed by atoms with van der Waals surface area (Å²) in [5, 5.41) is 8.74. The highest BCUT2D eigenvalue weighted by Crippen LogP contribution is 2.59. The maximum Gasteiger partial charge on any atom is 0.0713 e. The van der Waals surface area contributed by atoms with Gasteiger partial charge in [-0.1, -0.05) is 182 Å². The van der Waals surface area contributed by atoms with Crippen LogP contribution in [0.3, 0.4) is 0 Å². The van der Waals surface area contributed by atoms with Crippen molar-refractivity contribution >= 4 is 44.0 Å². The molecule has 1 N–H and O–H groups in total. The third kappa shape index (κ3) is 5.50. The van der Waals surface area contributed by atoms with Crippen molar-refractivity contribution in [2.75, 3.05) is 5.32 Å². The molecule has 1 heterocycles. The molecule has 1 aliphatic rings. The predicted molar refractivity (Wildman–Crippen MR) is 256 cm³/mol. The van der Waals surface area contributed by atoms with Crippen LogP contribution in [0.4, 0.5) is 11.4 Å². The predicted octanol–water partition coefficient (Wildman–Crippen LogP) is 15.4. The Kier molecular flexibility index (Phi) is 8.11. The molecular weight excluding hydrogens is 737 g/mol. The van der Waals surface area contributed by atoms with E-state index in [0.29, 0.717) is 0 Å². The van der Waals surface area contributed by atoms with E-state index >= 15 is 0 Å². The fraction of sp³-hybridized carbons (Fsp3) is 0.0169. The van der Waals surface area contributed by atoms with Crippen molar-refractivity contribution in [3.05, 3.63) is 259 Å². The number of fused-ring (bicyclic) bond motifs is 8. The van der Waals surface area contributed by atoms with E-state index in [1.54, 1.807) is 0 Å². The van der Waals surface area contributed by atoms with Crippen molar-refractivity contribution in [2.45, 2.75) is 5.41 Å². The molecule has 0 amide bonds. The largest absolute Gasteiger partial charge is 0.355 e. The number of aromatic nitrogens is 1. The average Bonchev–Trinajstić information content (AvgIpc) is 3.83. The van der Waals surface area contributed by atoms with E-state index in [0.717, 1.165) is 22.6 Å². The van der Waals surface area contributed by atoms with Crippen molar-refractivity contribution in [3.8, 4) is 39.1 Å². The van der Waals surface area contributed by atoms with Gasteiger partial charge in [-0.2, -0.15) is 0 Å². The van der Waals surface area contributed by atoms with Crippen LogP contribution in [0.5, 0.6) is 0 Å². The van der Waals surface area contributed by atoms with Crippen molar-refractivity contribution in [3.63, 3.8) is 0 Å². The zero-order valence-corrected chi connectivity index (χ0v) is 33.5. The summed E-state index contributed by atoms with van der Waals surface area (Å²) in [7, 11) is 0. The summed E-state index contributed by atoms with van der Waals surface area (Å²) >= 11 is 0. The van der Waals surface area contributed by atoms with Crippen molar-refractivity contribution in [1.29, 1.82) is 0 Å². The van der Waals surface area contributed by atoms with Crippen LogP contribution < -0.4 is 5.32 Å². The van der Waals surface area contributed by atoms with Gasteiger partial charge in [0.05, 0.1) is 16.4 Å². The van der Waals surface area contributed by atoms with Gasteiger partial charge in [-0.25, -0.2) is 0 Å². The van der Waals surface area contributed by atoms with Gasteiger partial charge in [0.15, 0.2) is 0 Å². The van der Waals surface area contributed by atoms with Crippen LogP contribution in [-0.4, -0.2) is 4.57 Å². The van der Waals surface area contributed by atoms with Crippen LogP contribution >= 0.6 is 0 Å². The molecule has 0 spiro atoms. The molecule has 11 aromatic rings. The third-order valence-corrected chi connectivity index (χ3v) is 12.8. The minimum absolute atomic E-state index is 0.486. The third-order valence-electron chi connectivity index (χ3n) is 12.8. The summed E-state index contributed by atoms with van der Waals surface area (Å²) in [5.41, 5.74) is 17.6. The summed E-state index contributed by atoms with van der Waals surface area (Å²) in [6.07, 6.45) is 0. The zero-order chi connectivity index (χ0) is 40.3. The first-order chi connectivity index (χ1) is 30.3. The highest BCUT2D eigenvalue weighted by Gasteiger charge is 2.47. The fourth-order valence-corrected chi connectivity index (χ4v) is 10.2. The highest BCUT2D eigenvalue weighted by atomic mass is 15.0. The molecular formula is C59H40N2. The van der Waals surface area contributed by atoms with E-state index in [2.05, 4.69) is 246 Å². The van der Waals surface area contributed by atoms with E-state index in [1.165, 1.54) is 82.6 Å². The molecule has 0 unspecified atom stereocenters. The van der Waals surface area contributed by atoms with E-state index in [1.807, 2.05) is 0 Å². The smallest absolute Gasteiger partial charge is 0.0713 e. The van der Waals surface area contributed by atoms with Gasteiger partial charge >= 0.3 is 0 Å². The molecule has 12 rings (SSSR count). The first kappa shape index (κ1) is 35.0. The molecule has 0 fully saturated rings. The Morgan fingerprint density at radius 2 is 0.984 bits per heavy atom. The van der Waals surface area contributed by atoms with Crippen LogP contribution in [0, 0.1) is 0 Å². The molecule has 0 atom stereocenters. The molecule has 61 heavy (non-hydrogen) atoms. The topological polar surface area (TPSA) is 17.0 Å². The Balaban J connectivity index is 1.11. The van der Waals surface area contributed by atoms with Gasteiger partial charge in [-0.3, -0.25) is 0 Å². The lowest BCUT2D eigenvalue weighted by atomic mass is 9.67. The Hall–Kier alpha value is -7.94. The van der Waals surface area contributed by atoms with E-state index in [9.17, 15) is 0 Å². The molecule has 0 radical (unpaired) electrons. The second-order valence-electron chi connectivity index (χ2n) is 16.1. The van der Waals surface area contributed by atoms with Gasteiger partial charge in [0.2, 0.25) is 0 Å². The summed E-state index contributed by atoms with van der Waals surface area (Å²) in [6.45, 7) is 0. The lowest BCUT2D eigenvalue weighted by molar-refractivity contribution is 0.769. The molecule has 0 bridgehead atoms. The van der Waals surface area contributed by atoms with Gasteiger partial charge in [0.25, 0.3) is 0 Å². The summed E-state index contributed by atoms with van der Waals surface area (Å²) in [4.78, 5) is 0. The molecule has 10 aromatic carbocycles. The van der Waals surface area contributed by atoms with E-state index in [4.69, 9.17) is 0 Å². The van der Waals surface area contributed by atoms with Crippen LogP contribution in [0.25, 0.3) is 71.6 Å². The summed E-state index contributed by atoms with van der Waals surface area (Å²) < 4.78 is 2.45. The van der Waals surface area contributed by atoms with Crippen LogP contribution in [0.2, 0.25) is 0 Å². The Bertz CT molecular complexity index is 3380. The molecule has 2 heteroatoms. The molecule has 0 saturated heterocycles. The minimum atomic E-state index is -0.486. The Morgan fingerprint density at radius 1 is 0.377 bits per heavy atom. The Labute approximate surface area is 355 Å². The monoisotopic (exact) mass is 776 g/mol. The number of nitrogens with zero attached hydrogens (tertiary/aromatic N) is 1. The number of hydrogen-bond acceptors (Lipinski definition) is 1. The number of rotatable bonds is 7.